The number of hydrogen-bond donors (Lipinski definition) is 2. The van der Waals surface area contributed by atoms with Crippen LogP contribution >= 0.6 is 15.9 Å². The summed E-state index contributed by atoms with van der Waals surface area (Å²) in [5.41, 5.74) is 14.7. The number of rotatable bonds is 2. The molecule has 4 N–H and O–H groups in total. The lowest BCUT2D eigenvalue weighted by molar-refractivity contribution is 0.812. The maximum atomic E-state index is 6.21. The lowest BCUT2D eigenvalue weighted by Gasteiger charge is -2.16. The van der Waals surface area contributed by atoms with Crippen molar-refractivity contribution in [3.8, 4) is 0 Å². The minimum Gasteiger partial charge on any atom is -0.383 e. The maximum absolute atomic E-state index is 6.21. The van der Waals surface area contributed by atoms with E-state index in [1.807, 2.05) is 25.1 Å². The first kappa shape index (κ1) is 12.0. The van der Waals surface area contributed by atoms with E-state index in [9.17, 15) is 0 Å². The number of nitrogen functional groups attached to an aromatic ring is 1. The predicted octanol–water partition coefficient (Wildman–Crippen LogP) is 2.18. The molecular weight excluding hydrogens is 280 g/mol. The van der Waals surface area contributed by atoms with Gasteiger partial charge < -0.3 is 11.5 Å². The quantitative estimate of drug-likeness (QED) is 0.889. The van der Waals surface area contributed by atoms with Gasteiger partial charge >= 0.3 is 0 Å². The highest BCUT2D eigenvalue weighted by Crippen LogP contribution is 2.29. The van der Waals surface area contributed by atoms with Crippen molar-refractivity contribution in [3.63, 3.8) is 0 Å². The number of anilines is 1. The van der Waals surface area contributed by atoms with Crippen LogP contribution in [0.25, 0.3) is 0 Å². The lowest BCUT2D eigenvalue weighted by Crippen LogP contribution is -2.18. The molecule has 0 aromatic carbocycles. The number of aryl methyl sites for hydroxylation is 1. The van der Waals surface area contributed by atoms with Crippen LogP contribution in [0.2, 0.25) is 0 Å². The Morgan fingerprint density at radius 1 is 1.24 bits per heavy atom. The van der Waals surface area contributed by atoms with Gasteiger partial charge in [-0.25, -0.2) is 4.98 Å². The van der Waals surface area contributed by atoms with Crippen molar-refractivity contribution >= 4 is 21.7 Å². The van der Waals surface area contributed by atoms with Crippen molar-refractivity contribution in [2.45, 2.75) is 13.0 Å². The molecular formula is C12H13BrN4. The van der Waals surface area contributed by atoms with E-state index in [2.05, 4.69) is 25.9 Å². The summed E-state index contributed by atoms with van der Waals surface area (Å²) in [5, 5.41) is 0. The maximum Gasteiger partial charge on any atom is 0.128 e. The standard InChI is InChI=1S/C12H13BrN4/c1-7-4-6-17-12(15)9(7)10(14)11-8(13)3-2-5-16-11/h2-6,10H,14H2,1H3,(H2,15,17). The third-order valence-corrected chi connectivity index (χ3v) is 3.30. The van der Waals surface area contributed by atoms with Gasteiger partial charge in [-0.3, -0.25) is 4.98 Å². The monoisotopic (exact) mass is 292 g/mol. The zero-order valence-electron chi connectivity index (χ0n) is 9.39. The van der Waals surface area contributed by atoms with Gasteiger partial charge in [-0.15, -0.1) is 0 Å². The number of halogens is 1. The fourth-order valence-electron chi connectivity index (χ4n) is 1.76. The van der Waals surface area contributed by atoms with Gasteiger partial charge in [0.15, 0.2) is 0 Å². The molecule has 2 rings (SSSR count). The molecule has 17 heavy (non-hydrogen) atoms. The molecule has 2 aromatic rings. The Morgan fingerprint density at radius 2 is 2.00 bits per heavy atom. The molecule has 0 aliphatic heterocycles. The van der Waals surface area contributed by atoms with E-state index in [1.54, 1.807) is 12.4 Å². The molecule has 1 unspecified atom stereocenters. The molecule has 0 aliphatic rings. The Morgan fingerprint density at radius 3 is 2.65 bits per heavy atom. The fraction of sp³-hybridized carbons (Fsp3) is 0.167. The van der Waals surface area contributed by atoms with E-state index in [0.717, 1.165) is 21.3 Å². The predicted molar refractivity (Wildman–Crippen MR) is 71.4 cm³/mol. The van der Waals surface area contributed by atoms with E-state index in [4.69, 9.17) is 11.5 Å². The highest BCUT2D eigenvalue weighted by Gasteiger charge is 2.18. The Hall–Kier alpha value is -1.46. The van der Waals surface area contributed by atoms with E-state index in [1.165, 1.54) is 0 Å². The number of hydrogen-bond acceptors (Lipinski definition) is 4. The van der Waals surface area contributed by atoms with Gasteiger partial charge in [-0.05, 0) is 46.6 Å². The second kappa shape index (κ2) is 4.81. The molecule has 0 spiro atoms. The van der Waals surface area contributed by atoms with Crippen LogP contribution in [0.5, 0.6) is 0 Å². The van der Waals surface area contributed by atoms with Crippen LogP contribution < -0.4 is 11.5 Å². The molecule has 0 fully saturated rings. The molecule has 0 bridgehead atoms. The minimum absolute atomic E-state index is 0.376. The molecule has 4 nitrogen and oxygen atoms in total. The summed E-state index contributed by atoms with van der Waals surface area (Å²) in [6.45, 7) is 1.96. The number of pyridine rings is 2. The van der Waals surface area contributed by atoms with E-state index in [-0.39, 0.29) is 6.04 Å². The number of nitrogens with two attached hydrogens (primary N) is 2. The highest BCUT2D eigenvalue weighted by atomic mass is 79.9. The van der Waals surface area contributed by atoms with Gasteiger partial charge in [-0.2, -0.15) is 0 Å². The van der Waals surface area contributed by atoms with Crippen LogP contribution in [-0.4, -0.2) is 9.97 Å². The van der Waals surface area contributed by atoms with Crippen molar-refractivity contribution in [2.75, 3.05) is 5.73 Å². The fourth-order valence-corrected chi connectivity index (χ4v) is 2.26. The molecule has 1 atom stereocenters. The zero-order valence-corrected chi connectivity index (χ0v) is 11.0. The van der Waals surface area contributed by atoms with Gasteiger partial charge in [0.2, 0.25) is 0 Å². The summed E-state index contributed by atoms with van der Waals surface area (Å²) in [4.78, 5) is 8.35. The Bertz CT molecular complexity index is 522. The molecule has 0 saturated heterocycles. The lowest BCUT2D eigenvalue weighted by atomic mass is 10.0. The van der Waals surface area contributed by atoms with Gasteiger partial charge in [0.25, 0.3) is 0 Å². The second-order valence-electron chi connectivity index (χ2n) is 3.77. The topological polar surface area (TPSA) is 77.8 Å². The van der Waals surface area contributed by atoms with Gasteiger partial charge in [0.1, 0.15) is 5.82 Å². The SMILES string of the molecule is Cc1ccnc(N)c1C(N)c1ncccc1Br. The van der Waals surface area contributed by atoms with Crippen molar-refractivity contribution in [1.82, 2.24) is 9.97 Å². The summed E-state index contributed by atoms with van der Waals surface area (Å²) in [5.74, 6) is 0.454. The Labute approximate surface area is 108 Å². The smallest absolute Gasteiger partial charge is 0.128 e. The molecule has 88 valence electrons. The van der Waals surface area contributed by atoms with Gasteiger partial charge in [0, 0.05) is 22.4 Å². The molecule has 2 aromatic heterocycles. The van der Waals surface area contributed by atoms with Crippen LogP contribution in [0, 0.1) is 6.92 Å². The number of aromatic nitrogens is 2. The average molecular weight is 293 g/mol. The number of nitrogens with zero attached hydrogens (tertiary/aromatic N) is 2. The first-order valence-electron chi connectivity index (χ1n) is 5.18. The molecule has 5 heteroatoms. The Kier molecular flexibility index (Phi) is 3.40. The third kappa shape index (κ3) is 2.30. The summed E-state index contributed by atoms with van der Waals surface area (Å²) in [6.07, 6.45) is 3.39. The summed E-state index contributed by atoms with van der Waals surface area (Å²) in [7, 11) is 0. The van der Waals surface area contributed by atoms with Crippen LogP contribution in [-0.2, 0) is 0 Å². The zero-order chi connectivity index (χ0) is 12.4. The summed E-state index contributed by atoms with van der Waals surface area (Å²) < 4.78 is 0.871. The van der Waals surface area contributed by atoms with Crippen LogP contribution in [0.1, 0.15) is 22.9 Å². The van der Waals surface area contributed by atoms with Crippen LogP contribution in [0.3, 0.4) is 0 Å². The molecule has 0 saturated carbocycles. The first-order chi connectivity index (χ1) is 8.11. The first-order valence-corrected chi connectivity index (χ1v) is 5.97. The van der Waals surface area contributed by atoms with E-state index < -0.39 is 0 Å². The normalized spacial score (nSPS) is 12.4. The van der Waals surface area contributed by atoms with Crippen molar-refractivity contribution < 1.29 is 0 Å². The van der Waals surface area contributed by atoms with Crippen molar-refractivity contribution in [2.24, 2.45) is 5.73 Å². The molecule has 2 heterocycles. The van der Waals surface area contributed by atoms with Crippen molar-refractivity contribution in [3.05, 3.63) is 51.9 Å². The summed E-state index contributed by atoms with van der Waals surface area (Å²) >= 11 is 3.44. The van der Waals surface area contributed by atoms with E-state index >= 15 is 0 Å². The average Bonchev–Trinajstić information content (AvgIpc) is 2.29. The van der Waals surface area contributed by atoms with Gasteiger partial charge in [0.05, 0.1) is 11.7 Å². The van der Waals surface area contributed by atoms with Crippen molar-refractivity contribution in [1.29, 1.82) is 0 Å². The minimum atomic E-state index is -0.376. The molecule has 0 aliphatic carbocycles. The molecule has 0 radical (unpaired) electrons. The second-order valence-corrected chi connectivity index (χ2v) is 4.63. The Balaban J connectivity index is 2.51. The summed E-state index contributed by atoms with van der Waals surface area (Å²) in [6, 6.07) is 5.27. The third-order valence-electron chi connectivity index (χ3n) is 2.63. The van der Waals surface area contributed by atoms with E-state index in [0.29, 0.717) is 5.82 Å². The largest absolute Gasteiger partial charge is 0.383 e. The van der Waals surface area contributed by atoms with Crippen LogP contribution in [0.15, 0.2) is 35.1 Å². The van der Waals surface area contributed by atoms with Gasteiger partial charge in [-0.1, -0.05) is 0 Å². The molecule has 0 amide bonds. The highest BCUT2D eigenvalue weighted by molar-refractivity contribution is 9.10. The van der Waals surface area contributed by atoms with Crippen LogP contribution in [0.4, 0.5) is 5.82 Å².